The Balaban J connectivity index is 0.00000240. The largest absolute Gasteiger partial charge is 0.337 e. The number of halogens is 1. The summed E-state index contributed by atoms with van der Waals surface area (Å²) < 4.78 is 0. The second-order valence-corrected chi connectivity index (χ2v) is 8.34. The van der Waals surface area contributed by atoms with E-state index in [9.17, 15) is 9.59 Å². The van der Waals surface area contributed by atoms with Gasteiger partial charge in [0.25, 0.3) is 5.91 Å². The van der Waals surface area contributed by atoms with Crippen LogP contribution in [0.25, 0.3) is 0 Å². The fraction of sp³-hybridized carbons (Fsp3) is 0.364. The molecule has 1 unspecified atom stereocenters. The van der Waals surface area contributed by atoms with Gasteiger partial charge in [-0.05, 0) is 37.1 Å². The number of amides is 2. The standard InChI is InChI=1S/C22H25N3O2S.ClH/c26-21-15-23-12-14-25(21)17-7-6-13-24(16-17)22(27)19-10-4-5-11-20(19)28-18-8-2-1-3-9-18;/h1-5,8-11,17,23H,6-7,12-16H2;1H. The Bertz CT molecular complexity index is 849. The lowest BCUT2D eigenvalue weighted by Gasteiger charge is -2.41. The number of hydrogen-bond acceptors (Lipinski definition) is 4. The molecule has 2 aromatic rings. The van der Waals surface area contributed by atoms with Crippen molar-refractivity contribution in [2.45, 2.75) is 28.7 Å². The summed E-state index contributed by atoms with van der Waals surface area (Å²) >= 11 is 1.62. The van der Waals surface area contributed by atoms with Gasteiger partial charge in [-0.2, -0.15) is 0 Å². The van der Waals surface area contributed by atoms with E-state index < -0.39 is 0 Å². The minimum absolute atomic E-state index is 0. The summed E-state index contributed by atoms with van der Waals surface area (Å²) in [6.07, 6.45) is 1.90. The van der Waals surface area contributed by atoms with E-state index in [1.807, 2.05) is 52.3 Å². The molecular weight excluding hydrogens is 406 g/mol. The fourth-order valence-corrected chi connectivity index (χ4v) is 4.88. The van der Waals surface area contributed by atoms with Crippen molar-refractivity contribution >= 4 is 36.0 Å². The number of nitrogens with zero attached hydrogens (tertiary/aromatic N) is 2. The SMILES string of the molecule is Cl.O=C(c1ccccc1Sc1ccccc1)N1CCCC(N2CCNCC2=O)C1. The van der Waals surface area contributed by atoms with Crippen molar-refractivity contribution in [1.82, 2.24) is 15.1 Å². The van der Waals surface area contributed by atoms with Crippen molar-refractivity contribution in [3.05, 3.63) is 60.2 Å². The third-order valence-electron chi connectivity index (χ3n) is 5.34. The number of hydrogen-bond donors (Lipinski definition) is 1. The summed E-state index contributed by atoms with van der Waals surface area (Å²) in [5, 5.41) is 3.12. The van der Waals surface area contributed by atoms with E-state index in [0.717, 1.165) is 47.8 Å². The topological polar surface area (TPSA) is 52.7 Å². The number of benzene rings is 2. The van der Waals surface area contributed by atoms with Crippen LogP contribution in [0, 0.1) is 0 Å². The molecule has 2 heterocycles. The maximum atomic E-state index is 13.3. The number of likely N-dealkylation sites (tertiary alicyclic amines) is 1. The normalized spacial score (nSPS) is 19.6. The molecule has 2 aliphatic heterocycles. The van der Waals surface area contributed by atoms with E-state index in [1.165, 1.54) is 0 Å². The molecule has 0 aromatic heterocycles. The first-order chi connectivity index (χ1) is 13.7. The minimum atomic E-state index is 0. The fourth-order valence-electron chi connectivity index (χ4n) is 3.92. The van der Waals surface area contributed by atoms with Gasteiger partial charge in [-0.1, -0.05) is 42.1 Å². The number of rotatable bonds is 4. The molecule has 2 aromatic carbocycles. The molecule has 2 aliphatic rings. The monoisotopic (exact) mass is 431 g/mol. The summed E-state index contributed by atoms with van der Waals surface area (Å²) in [5.41, 5.74) is 0.739. The van der Waals surface area contributed by atoms with Crippen molar-refractivity contribution in [2.24, 2.45) is 0 Å². The number of carbonyl (C=O) groups is 2. The summed E-state index contributed by atoms with van der Waals surface area (Å²) in [5.74, 6) is 0.205. The molecule has 5 nitrogen and oxygen atoms in total. The van der Waals surface area contributed by atoms with Gasteiger partial charge < -0.3 is 15.1 Å². The lowest BCUT2D eigenvalue weighted by molar-refractivity contribution is -0.135. The predicted octanol–water partition coefficient (Wildman–Crippen LogP) is 3.30. The van der Waals surface area contributed by atoms with Gasteiger partial charge in [0.1, 0.15) is 0 Å². The average molecular weight is 432 g/mol. The molecule has 1 N–H and O–H groups in total. The van der Waals surface area contributed by atoms with E-state index in [4.69, 9.17) is 0 Å². The highest BCUT2D eigenvalue weighted by molar-refractivity contribution is 7.99. The summed E-state index contributed by atoms with van der Waals surface area (Å²) in [4.78, 5) is 31.5. The summed E-state index contributed by atoms with van der Waals surface area (Å²) in [6.45, 7) is 3.33. The molecule has 2 amide bonds. The third-order valence-corrected chi connectivity index (χ3v) is 6.42. The van der Waals surface area contributed by atoms with Crippen molar-refractivity contribution in [3.63, 3.8) is 0 Å². The van der Waals surface area contributed by atoms with Gasteiger partial charge in [0.15, 0.2) is 0 Å². The van der Waals surface area contributed by atoms with Gasteiger partial charge in [-0.3, -0.25) is 9.59 Å². The number of carbonyl (C=O) groups excluding carboxylic acids is 2. The molecule has 2 saturated heterocycles. The maximum Gasteiger partial charge on any atom is 0.255 e. The molecule has 0 aliphatic carbocycles. The van der Waals surface area contributed by atoms with Crippen LogP contribution < -0.4 is 5.32 Å². The zero-order valence-corrected chi connectivity index (χ0v) is 17.9. The first-order valence-corrected chi connectivity index (χ1v) is 10.7. The van der Waals surface area contributed by atoms with E-state index in [2.05, 4.69) is 17.4 Å². The Morgan fingerprint density at radius 2 is 1.79 bits per heavy atom. The highest BCUT2D eigenvalue weighted by atomic mass is 35.5. The lowest BCUT2D eigenvalue weighted by Crippen LogP contribution is -2.57. The summed E-state index contributed by atoms with van der Waals surface area (Å²) in [6, 6.07) is 18.0. The predicted molar refractivity (Wildman–Crippen MR) is 118 cm³/mol. The third kappa shape index (κ3) is 5.13. The van der Waals surface area contributed by atoms with Gasteiger partial charge in [0.05, 0.1) is 12.1 Å². The lowest BCUT2D eigenvalue weighted by atomic mass is 10.0. The highest BCUT2D eigenvalue weighted by Crippen LogP contribution is 2.31. The zero-order chi connectivity index (χ0) is 19.3. The number of piperazine rings is 1. The number of nitrogens with one attached hydrogen (secondary N) is 1. The first kappa shape index (κ1) is 21.7. The van der Waals surface area contributed by atoms with Crippen molar-refractivity contribution < 1.29 is 9.59 Å². The molecule has 0 saturated carbocycles. The first-order valence-electron chi connectivity index (χ1n) is 9.84. The molecule has 7 heteroatoms. The van der Waals surface area contributed by atoms with Gasteiger partial charge in [0, 0.05) is 42.0 Å². The van der Waals surface area contributed by atoms with Crippen LogP contribution in [-0.4, -0.2) is 60.4 Å². The Hall–Kier alpha value is -2.02. The average Bonchev–Trinajstić information content (AvgIpc) is 2.75. The molecule has 29 heavy (non-hydrogen) atoms. The van der Waals surface area contributed by atoms with E-state index in [1.54, 1.807) is 11.8 Å². The van der Waals surface area contributed by atoms with Gasteiger partial charge in [-0.25, -0.2) is 0 Å². The van der Waals surface area contributed by atoms with Crippen LogP contribution in [0.4, 0.5) is 0 Å². The molecule has 0 radical (unpaired) electrons. The van der Waals surface area contributed by atoms with Crippen LogP contribution in [0.1, 0.15) is 23.2 Å². The molecule has 154 valence electrons. The van der Waals surface area contributed by atoms with Crippen LogP contribution in [0.15, 0.2) is 64.4 Å². The summed E-state index contributed by atoms with van der Waals surface area (Å²) in [7, 11) is 0. The van der Waals surface area contributed by atoms with E-state index in [-0.39, 0.29) is 30.3 Å². The molecule has 2 fully saturated rings. The van der Waals surface area contributed by atoms with Gasteiger partial charge in [-0.15, -0.1) is 12.4 Å². The van der Waals surface area contributed by atoms with Crippen molar-refractivity contribution in [2.75, 3.05) is 32.7 Å². The van der Waals surface area contributed by atoms with Crippen LogP contribution in [0.2, 0.25) is 0 Å². The second-order valence-electron chi connectivity index (χ2n) is 7.22. The molecule has 0 spiro atoms. The smallest absolute Gasteiger partial charge is 0.255 e. The molecule has 0 bridgehead atoms. The maximum absolute atomic E-state index is 13.3. The Morgan fingerprint density at radius 3 is 2.59 bits per heavy atom. The number of piperidine rings is 1. The van der Waals surface area contributed by atoms with E-state index in [0.29, 0.717) is 13.1 Å². The second kappa shape index (κ2) is 10.1. The zero-order valence-electron chi connectivity index (χ0n) is 16.3. The van der Waals surface area contributed by atoms with Gasteiger partial charge >= 0.3 is 0 Å². The highest BCUT2D eigenvalue weighted by Gasteiger charge is 2.32. The van der Waals surface area contributed by atoms with E-state index >= 15 is 0 Å². The molecular formula is C22H26ClN3O2S. The van der Waals surface area contributed by atoms with Crippen LogP contribution in [0.5, 0.6) is 0 Å². The Labute approximate surface area is 182 Å². The minimum Gasteiger partial charge on any atom is -0.337 e. The molecule has 4 rings (SSSR count). The van der Waals surface area contributed by atoms with Crippen LogP contribution in [-0.2, 0) is 4.79 Å². The quantitative estimate of drug-likeness (QED) is 0.807. The van der Waals surface area contributed by atoms with Crippen molar-refractivity contribution in [3.8, 4) is 0 Å². The van der Waals surface area contributed by atoms with Crippen LogP contribution >= 0.6 is 24.2 Å². The molecule has 1 atom stereocenters. The Morgan fingerprint density at radius 1 is 1.03 bits per heavy atom. The Kier molecular flexibility index (Phi) is 7.58. The van der Waals surface area contributed by atoms with Crippen LogP contribution in [0.3, 0.4) is 0 Å². The van der Waals surface area contributed by atoms with Crippen molar-refractivity contribution in [1.29, 1.82) is 0 Å². The van der Waals surface area contributed by atoms with Gasteiger partial charge in [0.2, 0.25) is 5.91 Å².